The van der Waals surface area contributed by atoms with E-state index in [1.165, 1.54) is 62.9 Å². The summed E-state index contributed by atoms with van der Waals surface area (Å²) in [6, 6.07) is 14.2. The summed E-state index contributed by atoms with van der Waals surface area (Å²) in [5, 5.41) is 17.2. The fourth-order valence-electron chi connectivity index (χ4n) is 3.29. The largest absolute Gasteiger partial charge is 0.493 e. The predicted molar refractivity (Wildman–Crippen MR) is 143 cm³/mol. The first-order chi connectivity index (χ1) is 19.2. The van der Waals surface area contributed by atoms with Crippen molar-refractivity contribution in [2.24, 2.45) is 5.10 Å². The van der Waals surface area contributed by atoms with Crippen molar-refractivity contribution in [3.63, 3.8) is 0 Å². The topological polar surface area (TPSA) is 168 Å². The Labute approximate surface area is 228 Å². The molecule has 0 spiro atoms. The average Bonchev–Trinajstić information content (AvgIpc) is 2.96. The summed E-state index contributed by atoms with van der Waals surface area (Å²) in [4.78, 5) is 47.2. The molecule has 2 N–H and O–H groups in total. The standard InChI is InChI=1S/C27H26N4O9/c1-4-39-24-13-17(5-11-22(24)40-27(34)18-6-9-20(10-7-18)31(35)36)15-29-30-25(32)16-28-26(33)19-8-12-21(37-2)23(14-19)38-3/h5-15H,4,16H2,1-3H3,(H,28,33)(H,30,32)/b29-15+. The van der Waals surface area contributed by atoms with Gasteiger partial charge >= 0.3 is 5.97 Å². The fourth-order valence-corrected chi connectivity index (χ4v) is 3.29. The van der Waals surface area contributed by atoms with Crippen LogP contribution in [-0.2, 0) is 4.79 Å². The molecule has 0 aromatic heterocycles. The first-order valence-electron chi connectivity index (χ1n) is 11.8. The van der Waals surface area contributed by atoms with Crippen LogP contribution in [0.5, 0.6) is 23.0 Å². The lowest BCUT2D eigenvalue weighted by molar-refractivity contribution is -0.384. The van der Waals surface area contributed by atoms with Gasteiger partial charge in [0.05, 0.1) is 44.1 Å². The van der Waals surface area contributed by atoms with Gasteiger partial charge in [0, 0.05) is 17.7 Å². The molecule has 3 aromatic rings. The van der Waals surface area contributed by atoms with Gasteiger partial charge in [0.25, 0.3) is 17.5 Å². The Balaban J connectivity index is 1.57. The summed E-state index contributed by atoms with van der Waals surface area (Å²) < 4.78 is 21.3. The van der Waals surface area contributed by atoms with Gasteiger partial charge < -0.3 is 24.3 Å². The first-order valence-corrected chi connectivity index (χ1v) is 11.8. The van der Waals surface area contributed by atoms with Crippen molar-refractivity contribution in [2.75, 3.05) is 27.4 Å². The van der Waals surface area contributed by atoms with Gasteiger partial charge in [-0.1, -0.05) is 0 Å². The summed E-state index contributed by atoms with van der Waals surface area (Å²) in [5.74, 6) is -0.555. The monoisotopic (exact) mass is 550 g/mol. The van der Waals surface area contributed by atoms with Crippen LogP contribution in [0.3, 0.4) is 0 Å². The van der Waals surface area contributed by atoms with Crippen molar-refractivity contribution in [1.29, 1.82) is 0 Å². The molecule has 3 aromatic carbocycles. The van der Waals surface area contributed by atoms with Gasteiger partial charge in [-0.2, -0.15) is 5.10 Å². The van der Waals surface area contributed by atoms with Gasteiger partial charge in [-0.15, -0.1) is 0 Å². The van der Waals surface area contributed by atoms with E-state index in [1.807, 2.05) is 0 Å². The lowest BCUT2D eigenvalue weighted by atomic mass is 10.2. The van der Waals surface area contributed by atoms with Crippen LogP contribution in [0.4, 0.5) is 5.69 Å². The molecule has 0 radical (unpaired) electrons. The maximum Gasteiger partial charge on any atom is 0.343 e. The van der Waals surface area contributed by atoms with Gasteiger partial charge in [0.1, 0.15) is 0 Å². The average molecular weight is 551 g/mol. The van der Waals surface area contributed by atoms with Crippen LogP contribution in [0.2, 0.25) is 0 Å². The third-order valence-electron chi connectivity index (χ3n) is 5.24. The molecule has 13 nitrogen and oxygen atoms in total. The van der Waals surface area contributed by atoms with E-state index in [1.54, 1.807) is 25.1 Å². The molecule has 0 aliphatic carbocycles. The lowest BCUT2D eigenvalue weighted by Crippen LogP contribution is -2.34. The molecule has 2 amide bonds. The minimum Gasteiger partial charge on any atom is -0.493 e. The fraction of sp³-hybridized carbons (Fsp3) is 0.185. The maximum absolute atomic E-state index is 12.5. The zero-order valence-corrected chi connectivity index (χ0v) is 21.8. The molecule has 0 atom stereocenters. The van der Waals surface area contributed by atoms with Crippen LogP contribution in [-0.4, -0.2) is 56.3 Å². The van der Waals surface area contributed by atoms with Crippen LogP contribution >= 0.6 is 0 Å². The van der Waals surface area contributed by atoms with Crippen molar-refractivity contribution in [1.82, 2.24) is 10.7 Å². The van der Waals surface area contributed by atoms with E-state index in [-0.39, 0.29) is 41.5 Å². The molecule has 0 aliphatic rings. The highest BCUT2D eigenvalue weighted by Crippen LogP contribution is 2.29. The Morgan fingerprint density at radius 3 is 2.23 bits per heavy atom. The number of nitrogens with zero attached hydrogens (tertiary/aromatic N) is 2. The van der Waals surface area contributed by atoms with E-state index in [2.05, 4.69) is 15.8 Å². The number of rotatable bonds is 12. The molecule has 0 saturated heterocycles. The van der Waals surface area contributed by atoms with E-state index in [0.29, 0.717) is 17.1 Å². The van der Waals surface area contributed by atoms with Crippen LogP contribution in [0.25, 0.3) is 0 Å². The number of nitro benzene ring substituents is 1. The first kappa shape index (κ1) is 29.1. The number of nitrogens with one attached hydrogen (secondary N) is 2. The third-order valence-corrected chi connectivity index (χ3v) is 5.24. The highest BCUT2D eigenvalue weighted by molar-refractivity contribution is 5.97. The number of hydrogen-bond donors (Lipinski definition) is 2. The van der Waals surface area contributed by atoms with E-state index in [0.717, 1.165) is 0 Å². The Hall–Kier alpha value is -5.46. The maximum atomic E-state index is 12.5. The number of nitro groups is 1. The molecular formula is C27H26N4O9. The molecule has 0 aliphatic heterocycles. The quantitative estimate of drug-likeness (QED) is 0.113. The molecule has 0 unspecified atom stereocenters. The summed E-state index contributed by atoms with van der Waals surface area (Å²) >= 11 is 0. The van der Waals surface area contributed by atoms with Gasteiger partial charge in [-0.3, -0.25) is 19.7 Å². The van der Waals surface area contributed by atoms with E-state index in [4.69, 9.17) is 18.9 Å². The van der Waals surface area contributed by atoms with Gasteiger partial charge in [0.2, 0.25) is 0 Å². The summed E-state index contributed by atoms with van der Waals surface area (Å²) in [6.45, 7) is 1.70. The molecular weight excluding hydrogens is 524 g/mol. The smallest absolute Gasteiger partial charge is 0.343 e. The minimum absolute atomic E-state index is 0.125. The Morgan fingerprint density at radius 2 is 1.57 bits per heavy atom. The second kappa shape index (κ2) is 13.9. The number of carbonyl (C=O) groups is 3. The van der Waals surface area contributed by atoms with Crippen molar-refractivity contribution in [3.8, 4) is 23.0 Å². The second-order valence-corrected chi connectivity index (χ2v) is 7.88. The Morgan fingerprint density at radius 1 is 0.900 bits per heavy atom. The second-order valence-electron chi connectivity index (χ2n) is 7.88. The number of ether oxygens (including phenoxy) is 4. The zero-order valence-electron chi connectivity index (χ0n) is 21.8. The predicted octanol–water partition coefficient (Wildman–Crippen LogP) is 3.11. The van der Waals surface area contributed by atoms with Crippen LogP contribution in [0.15, 0.2) is 65.8 Å². The van der Waals surface area contributed by atoms with Crippen molar-refractivity contribution >= 4 is 29.7 Å². The zero-order chi connectivity index (χ0) is 29.1. The van der Waals surface area contributed by atoms with E-state index in [9.17, 15) is 24.5 Å². The number of esters is 1. The molecule has 0 fully saturated rings. The molecule has 0 bridgehead atoms. The number of carbonyl (C=O) groups excluding carboxylic acids is 3. The SMILES string of the molecule is CCOc1cc(/C=N/NC(=O)CNC(=O)c2ccc(OC)c(OC)c2)ccc1OC(=O)c1ccc([N+](=O)[O-])cc1. The number of methoxy groups -OCH3 is 2. The van der Waals surface area contributed by atoms with Gasteiger partial charge in [-0.05, 0) is 61.0 Å². The van der Waals surface area contributed by atoms with E-state index < -0.39 is 22.7 Å². The molecule has 0 heterocycles. The summed E-state index contributed by atoms with van der Waals surface area (Å²) in [7, 11) is 2.93. The Kier molecular flexibility index (Phi) is 10.1. The van der Waals surface area contributed by atoms with Crippen LogP contribution < -0.4 is 29.7 Å². The third kappa shape index (κ3) is 7.77. The number of benzene rings is 3. The van der Waals surface area contributed by atoms with Crippen molar-refractivity contribution in [2.45, 2.75) is 6.92 Å². The van der Waals surface area contributed by atoms with Gasteiger partial charge in [0.15, 0.2) is 23.0 Å². The summed E-state index contributed by atoms with van der Waals surface area (Å²) in [6.07, 6.45) is 1.35. The molecule has 0 saturated carbocycles. The lowest BCUT2D eigenvalue weighted by Gasteiger charge is -2.11. The summed E-state index contributed by atoms with van der Waals surface area (Å²) in [5.41, 5.74) is 3.09. The molecule has 3 rings (SSSR count). The minimum atomic E-state index is -0.723. The number of non-ortho nitro benzene ring substituents is 1. The number of amides is 2. The van der Waals surface area contributed by atoms with Crippen molar-refractivity contribution < 1.29 is 38.3 Å². The Bertz CT molecular complexity index is 1420. The molecule has 208 valence electrons. The number of hydrazone groups is 1. The normalized spacial score (nSPS) is 10.5. The van der Waals surface area contributed by atoms with E-state index >= 15 is 0 Å². The molecule has 40 heavy (non-hydrogen) atoms. The van der Waals surface area contributed by atoms with Crippen LogP contribution in [0, 0.1) is 10.1 Å². The van der Waals surface area contributed by atoms with Crippen molar-refractivity contribution in [3.05, 3.63) is 87.5 Å². The number of hydrogen-bond acceptors (Lipinski definition) is 10. The highest BCUT2D eigenvalue weighted by atomic mass is 16.6. The van der Waals surface area contributed by atoms with Crippen LogP contribution in [0.1, 0.15) is 33.2 Å². The molecule has 13 heteroatoms. The van der Waals surface area contributed by atoms with Gasteiger partial charge in [-0.25, -0.2) is 10.2 Å². The highest BCUT2D eigenvalue weighted by Gasteiger charge is 2.15.